The molecule has 0 atom stereocenters. The van der Waals surface area contributed by atoms with E-state index in [4.69, 9.17) is 4.98 Å². The average Bonchev–Trinajstić information content (AvgIpc) is 2.70. The Morgan fingerprint density at radius 3 is 2.60 bits per heavy atom. The summed E-state index contributed by atoms with van der Waals surface area (Å²) in [5, 5.41) is 6.71. The van der Waals surface area contributed by atoms with Crippen LogP contribution in [0.4, 0.5) is 17.3 Å². The van der Waals surface area contributed by atoms with Gasteiger partial charge in [0.05, 0.1) is 5.69 Å². The largest absolute Gasteiger partial charge is 0.354 e. The lowest BCUT2D eigenvalue weighted by Crippen LogP contribution is -2.43. The number of para-hydroxylation sites is 1. The molecule has 2 aromatic heterocycles. The average molecular weight is 331 g/mol. The van der Waals surface area contributed by atoms with Crippen LogP contribution in [0.15, 0.2) is 66.9 Å². The van der Waals surface area contributed by atoms with Crippen LogP contribution < -0.4 is 15.5 Å². The predicted molar refractivity (Wildman–Crippen MR) is 102 cm³/mol. The fourth-order valence-corrected chi connectivity index (χ4v) is 2.98. The molecule has 3 heterocycles. The fourth-order valence-electron chi connectivity index (χ4n) is 2.98. The fraction of sp³-hybridized carbons (Fsp3) is 0.200. The van der Waals surface area contributed by atoms with Crippen molar-refractivity contribution in [3.63, 3.8) is 0 Å². The van der Waals surface area contributed by atoms with Crippen molar-refractivity contribution in [2.24, 2.45) is 0 Å². The van der Waals surface area contributed by atoms with Crippen LogP contribution in [0.3, 0.4) is 0 Å². The van der Waals surface area contributed by atoms with E-state index in [9.17, 15) is 0 Å². The quantitative estimate of drug-likeness (QED) is 0.768. The molecule has 0 saturated carbocycles. The van der Waals surface area contributed by atoms with Gasteiger partial charge < -0.3 is 15.5 Å². The minimum absolute atomic E-state index is 0.818. The van der Waals surface area contributed by atoms with Crippen LogP contribution in [0.5, 0.6) is 0 Å². The summed E-state index contributed by atoms with van der Waals surface area (Å²) in [6.07, 6.45) is 1.82. The summed E-state index contributed by atoms with van der Waals surface area (Å²) in [4.78, 5) is 11.6. The van der Waals surface area contributed by atoms with Crippen molar-refractivity contribution >= 4 is 17.3 Å². The Bertz CT molecular complexity index is 828. The zero-order valence-electron chi connectivity index (χ0n) is 14.0. The lowest BCUT2D eigenvalue weighted by Gasteiger charge is -2.28. The minimum atomic E-state index is 0.818. The molecule has 5 nitrogen and oxygen atoms in total. The Labute approximate surface area is 147 Å². The van der Waals surface area contributed by atoms with Gasteiger partial charge in [0.15, 0.2) is 0 Å². The van der Waals surface area contributed by atoms with E-state index in [1.807, 2.05) is 54.7 Å². The number of nitrogens with zero attached hydrogens (tertiary/aromatic N) is 3. The van der Waals surface area contributed by atoms with Crippen molar-refractivity contribution in [2.75, 3.05) is 36.4 Å². The number of rotatable bonds is 4. The third-order valence-electron chi connectivity index (χ3n) is 4.28. The predicted octanol–water partition coefficient (Wildman–Crippen LogP) is 3.30. The molecule has 1 aliphatic heterocycles. The molecular formula is C20H21N5. The van der Waals surface area contributed by atoms with Crippen LogP contribution in [-0.4, -0.2) is 36.1 Å². The van der Waals surface area contributed by atoms with E-state index in [1.165, 1.54) is 0 Å². The molecule has 1 aromatic carbocycles. The maximum atomic E-state index is 4.86. The molecule has 5 heteroatoms. The maximum absolute atomic E-state index is 4.86. The van der Waals surface area contributed by atoms with E-state index in [0.717, 1.165) is 54.8 Å². The van der Waals surface area contributed by atoms with E-state index in [-0.39, 0.29) is 0 Å². The molecule has 0 radical (unpaired) electrons. The number of benzene rings is 1. The van der Waals surface area contributed by atoms with Crippen LogP contribution in [0.2, 0.25) is 0 Å². The van der Waals surface area contributed by atoms with Crippen LogP contribution in [0.25, 0.3) is 11.3 Å². The van der Waals surface area contributed by atoms with Gasteiger partial charge in [-0.25, -0.2) is 9.97 Å². The van der Waals surface area contributed by atoms with Crippen molar-refractivity contribution < 1.29 is 0 Å². The first kappa shape index (κ1) is 15.6. The molecule has 0 unspecified atom stereocenters. The van der Waals surface area contributed by atoms with Crippen molar-refractivity contribution in [1.29, 1.82) is 0 Å². The first-order valence-corrected chi connectivity index (χ1v) is 8.60. The second kappa shape index (κ2) is 7.32. The summed E-state index contributed by atoms with van der Waals surface area (Å²) in [6, 6.07) is 20.3. The molecule has 1 aliphatic rings. The second-order valence-electron chi connectivity index (χ2n) is 6.04. The first-order chi connectivity index (χ1) is 12.4. The molecule has 0 spiro atoms. The number of anilines is 3. The first-order valence-electron chi connectivity index (χ1n) is 8.60. The molecule has 1 saturated heterocycles. The molecule has 3 aromatic rings. The van der Waals surface area contributed by atoms with Gasteiger partial charge in [0.25, 0.3) is 0 Å². The standard InChI is InChI=1S/C20H21N5/c1-2-5-17(6-3-1)23-19-15-16(9-10-22-19)18-7-4-8-20(24-18)25-13-11-21-12-14-25/h1-10,15,21H,11-14H2,(H,22,23). The Kier molecular flexibility index (Phi) is 4.57. The van der Waals surface area contributed by atoms with E-state index >= 15 is 0 Å². The third-order valence-corrected chi connectivity index (χ3v) is 4.28. The Morgan fingerprint density at radius 1 is 0.920 bits per heavy atom. The van der Waals surface area contributed by atoms with Crippen LogP contribution >= 0.6 is 0 Å². The molecule has 126 valence electrons. The molecule has 0 bridgehead atoms. The monoisotopic (exact) mass is 331 g/mol. The number of hydrogen-bond acceptors (Lipinski definition) is 5. The lowest BCUT2D eigenvalue weighted by atomic mass is 10.1. The highest BCUT2D eigenvalue weighted by molar-refractivity contribution is 5.67. The molecular weight excluding hydrogens is 310 g/mol. The lowest BCUT2D eigenvalue weighted by molar-refractivity contribution is 0.585. The summed E-state index contributed by atoms with van der Waals surface area (Å²) in [5.41, 5.74) is 3.05. The topological polar surface area (TPSA) is 53.1 Å². The van der Waals surface area contributed by atoms with Crippen molar-refractivity contribution in [3.05, 3.63) is 66.9 Å². The zero-order chi connectivity index (χ0) is 16.9. The Morgan fingerprint density at radius 2 is 1.76 bits per heavy atom. The number of piperazine rings is 1. The Hall–Kier alpha value is -2.92. The molecule has 0 aliphatic carbocycles. The summed E-state index contributed by atoms with van der Waals surface area (Å²) in [7, 11) is 0. The smallest absolute Gasteiger partial charge is 0.130 e. The van der Waals surface area contributed by atoms with Gasteiger partial charge in [-0.15, -0.1) is 0 Å². The number of nitrogens with one attached hydrogen (secondary N) is 2. The summed E-state index contributed by atoms with van der Waals surface area (Å²) < 4.78 is 0. The SMILES string of the molecule is c1ccc(Nc2cc(-c3cccc(N4CCNCC4)n3)ccn2)cc1. The number of hydrogen-bond donors (Lipinski definition) is 2. The summed E-state index contributed by atoms with van der Waals surface area (Å²) in [5.74, 6) is 1.85. The van der Waals surface area contributed by atoms with E-state index < -0.39 is 0 Å². The van der Waals surface area contributed by atoms with Crippen molar-refractivity contribution in [2.45, 2.75) is 0 Å². The van der Waals surface area contributed by atoms with Gasteiger partial charge in [-0.2, -0.15) is 0 Å². The van der Waals surface area contributed by atoms with Crippen molar-refractivity contribution in [3.8, 4) is 11.3 Å². The minimum Gasteiger partial charge on any atom is -0.354 e. The normalized spacial score (nSPS) is 14.3. The summed E-state index contributed by atoms with van der Waals surface area (Å²) >= 11 is 0. The molecule has 0 amide bonds. The maximum Gasteiger partial charge on any atom is 0.130 e. The van der Waals surface area contributed by atoms with E-state index in [2.05, 4.69) is 32.7 Å². The van der Waals surface area contributed by atoms with Crippen molar-refractivity contribution in [1.82, 2.24) is 15.3 Å². The number of pyridine rings is 2. The highest BCUT2D eigenvalue weighted by Gasteiger charge is 2.12. The van der Waals surface area contributed by atoms with Gasteiger partial charge in [-0.05, 0) is 36.4 Å². The van der Waals surface area contributed by atoms with Crippen LogP contribution in [-0.2, 0) is 0 Å². The van der Waals surface area contributed by atoms with Crippen LogP contribution in [0, 0.1) is 0 Å². The molecule has 4 rings (SSSR count). The van der Waals surface area contributed by atoms with E-state index in [0.29, 0.717) is 0 Å². The second-order valence-corrected chi connectivity index (χ2v) is 6.04. The zero-order valence-corrected chi connectivity index (χ0v) is 14.0. The molecule has 25 heavy (non-hydrogen) atoms. The van der Waals surface area contributed by atoms with Gasteiger partial charge in [0.2, 0.25) is 0 Å². The van der Waals surface area contributed by atoms with E-state index in [1.54, 1.807) is 0 Å². The van der Waals surface area contributed by atoms with Gasteiger partial charge in [-0.1, -0.05) is 24.3 Å². The number of aromatic nitrogens is 2. The van der Waals surface area contributed by atoms with Gasteiger partial charge in [-0.3, -0.25) is 0 Å². The highest BCUT2D eigenvalue weighted by Crippen LogP contribution is 2.24. The molecule has 2 N–H and O–H groups in total. The van der Waals surface area contributed by atoms with Gasteiger partial charge in [0, 0.05) is 43.6 Å². The molecule has 1 fully saturated rings. The van der Waals surface area contributed by atoms with Gasteiger partial charge >= 0.3 is 0 Å². The highest BCUT2D eigenvalue weighted by atomic mass is 15.2. The van der Waals surface area contributed by atoms with Gasteiger partial charge in [0.1, 0.15) is 11.6 Å². The summed E-state index contributed by atoms with van der Waals surface area (Å²) in [6.45, 7) is 4.00. The Balaban J connectivity index is 1.58. The van der Waals surface area contributed by atoms with Crippen LogP contribution in [0.1, 0.15) is 0 Å². The third kappa shape index (κ3) is 3.78.